The average molecular weight is 385 g/mol. The molecule has 2 aromatic rings. The maximum absolute atomic E-state index is 12.9. The lowest BCUT2D eigenvalue weighted by atomic mass is 10.1. The molecule has 5 rings (SSSR count). The summed E-state index contributed by atoms with van der Waals surface area (Å²) in [6, 6.07) is 5.16. The maximum Gasteiger partial charge on any atom is 0.254 e. The Morgan fingerprint density at radius 1 is 1.07 bits per heavy atom. The van der Waals surface area contributed by atoms with Gasteiger partial charge in [-0.1, -0.05) is 5.21 Å². The van der Waals surface area contributed by atoms with Crippen LogP contribution in [0.1, 0.15) is 28.9 Å². The first-order valence-corrected chi connectivity index (χ1v) is 9.41. The number of aromatic nitrogens is 3. The second kappa shape index (κ2) is 7.87. The van der Waals surface area contributed by atoms with Crippen molar-refractivity contribution in [2.24, 2.45) is 0 Å². The standard InChI is InChI=1S/C19H23N5O4/c1-27-16-5-4-14-11-17(16)28-13-15-12-24(21-20-15)6-2-3-18(25)22-7-9-23(10-8-22)19(14)26/h4-5,11-12H,2-3,6-10,13H2,1H3. The van der Waals surface area contributed by atoms with Gasteiger partial charge in [0.1, 0.15) is 12.3 Å². The fourth-order valence-electron chi connectivity index (χ4n) is 3.48. The van der Waals surface area contributed by atoms with Crippen molar-refractivity contribution < 1.29 is 19.1 Å². The van der Waals surface area contributed by atoms with Gasteiger partial charge in [-0.05, 0) is 24.6 Å². The summed E-state index contributed by atoms with van der Waals surface area (Å²) in [6.45, 7) is 2.99. The van der Waals surface area contributed by atoms with Crippen LogP contribution < -0.4 is 9.47 Å². The van der Waals surface area contributed by atoms with E-state index in [1.54, 1.807) is 34.9 Å². The normalized spacial score (nSPS) is 18.0. The quantitative estimate of drug-likeness (QED) is 0.726. The lowest BCUT2D eigenvalue weighted by Gasteiger charge is -2.35. The Bertz CT molecular complexity index is 873. The number of methoxy groups -OCH3 is 1. The van der Waals surface area contributed by atoms with Crippen molar-refractivity contribution in [3.63, 3.8) is 0 Å². The minimum absolute atomic E-state index is 0.0742. The van der Waals surface area contributed by atoms with Crippen LogP contribution in [0.2, 0.25) is 0 Å². The van der Waals surface area contributed by atoms with Gasteiger partial charge < -0.3 is 19.3 Å². The number of ether oxygens (including phenoxy) is 2. The van der Waals surface area contributed by atoms with Crippen molar-refractivity contribution in [3.8, 4) is 11.5 Å². The first kappa shape index (κ1) is 18.3. The van der Waals surface area contributed by atoms with E-state index in [9.17, 15) is 9.59 Å². The fraction of sp³-hybridized carbons (Fsp3) is 0.474. The van der Waals surface area contributed by atoms with Crippen molar-refractivity contribution in [2.75, 3.05) is 33.3 Å². The van der Waals surface area contributed by atoms with E-state index in [1.165, 1.54) is 0 Å². The molecule has 1 saturated heterocycles. The van der Waals surface area contributed by atoms with Crippen LogP contribution in [0.5, 0.6) is 11.5 Å². The Labute approximate surface area is 162 Å². The largest absolute Gasteiger partial charge is 0.493 e. The van der Waals surface area contributed by atoms with E-state index in [4.69, 9.17) is 9.47 Å². The van der Waals surface area contributed by atoms with Crippen LogP contribution in [0.3, 0.4) is 0 Å². The molecule has 2 amide bonds. The molecule has 6 bridgehead atoms. The third-order valence-corrected chi connectivity index (χ3v) is 5.07. The molecule has 1 fully saturated rings. The number of hydrogen-bond acceptors (Lipinski definition) is 6. The van der Waals surface area contributed by atoms with Gasteiger partial charge in [0.15, 0.2) is 11.5 Å². The number of benzene rings is 1. The van der Waals surface area contributed by atoms with E-state index in [0.717, 1.165) is 0 Å². The van der Waals surface area contributed by atoms with Crippen LogP contribution in [0.25, 0.3) is 0 Å². The van der Waals surface area contributed by atoms with Crippen LogP contribution in [0, 0.1) is 0 Å². The smallest absolute Gasteiger partial charge is 0.254 e. The first-order valence-electron chi connectivity index (χ1n) is 9.41. The van der Waals surface area contributed by atoms with Crippen LogP contribution in [0.4, 0.5) is 0 Å². The molecule has 0 radical (unpaired) electrons. The summed E-state index contributed by atoms with van der Waals surface area (Å²) in [7, 11) is 1.56. The highest BCUT2D eigenvalue weighted by molar-refractivity contribution is 5.95. The lowest BCUT2D eigenvalue weighted by Crippen LogP contribution is -2.50. The fourth-order valence-corrected chi connectivity index (χ4v) is 3.48. The number of amides is 2. The zero-order valence-corrected chi connectivity index (χ0v) is 15.8. The molecule has 3 aliphatic heterocycles. The van der Waals surface area contributed by atoms with Gasteiger partial charge in [-0.25, -0.2) is 0 Å². The summed E-state index contributed by atoms with van der Waals surface area (Å²) >= 11 is 0. The van der Waals surface area contributed by atoms with Gasteiger partial charge in [-0.2, -0.15) is 0 Å². The molecule has 1 aromatic carbocycles. The molecule has 9 nitrogen and oxygen atoms in total. The van der Waals surface area contributed by atoms with Gasteiger partial charge in [0.05, 0.1) is 13.3 Å². The molecule has 0 aliphatic carbocycles. The number of aryl methyl sites for hydroxylation is 1. The Balaban J connectivity index is 1.63. The van der Waals surface area contributed by atoms with Crippen LogP contribution >= 0.6 is 0 Å². The Hall–Kier alpha value is -3.10. The molecule has 3 aliphatic rings. The summed E-state index contributed by atoms with van der Waals surface area (Å²) in [4.78, 5) is 28.9. The third-order valence-electron chi connectivity index (χ3n) is 5.07. The van der Waals surface area contributed by atoms with Gasteiger partial charge >= 0.3 is 0 Å². The zero-order chi connectivity index (χ0) is 19.5. The summed E-state index contributed by atoms with van der Waals surface area (Å²) in [6.07, 6.45) is 2.95. The molecule has 28 heavy (non-hydrogen) atoms. The molecule has 0 unspecified atom stereocenters. The van der Waals surface area contributed by atoms with E-state index in [1.807, 2.05) is 11.1 Å². The Morgan fingerprint density at radius 3 is 2.64 bits per heavy atom. The molecular formula is C19H23N5O4. The van der Waals surface area contributed by atoms with Crippen LogP contribution in [0.15, 0.2) is 24.4 Å². The predicted octanol–water partition coefficient (Wildman–Crippen LogP) is 0.944. The SMILES string of the molecule is COc1ccc2cc1OCc1cn(nn1)CCCC(=O)N1CCN(CC1)C2=O. The van der Waals surface area contributed by atoms with Gasteiger partial charge in [0.25, 0.3) is 5.91 Å². The third kappa shape index (κ3) is 3.78. The highest BCUT2D eigenvalue weighted by Gasteiger charge is 2.25. The molecule has 0 N–H and O–H groups in total. The molecule has 0 atom stereocenters. The number of fused-ring (bicyclic) bond motifs is 6. The average Bonchev–Trinajstić information content (AvgIpc) is 3.18. The number of rotatable bonds is 1. The number of hydrogen-bond donors (Lipinski definition) is 0. The maximum atomic E-state index is 12.9. The van der Waals surface area contributed by atoms with Gasteiger partial charge in [0, 0.05) is 44.7 Å². The Morgan fingerprint density at radius 2 is 1.86 bits per heavy atom. The summed E-state index contributed by atoms with van der Waals surface area (Å²) < 4.78 is 12.9. The topological polar surface area (TPSA) is 89.8 Å². The molecule has 9 heteroatoms. The van der Waals surface area contributed by atoms with Gasteiger partial charge in [-0.3, -0.25) is 14.3 Å². The van der Waals surface area contributed by atoms with Crippen LogP contribution in [-0.2, 0) is 17.9 Å². The van der Waals surface area contributed by atoms with Crippen LogP contribution in [-0.4, -0.2) is 69.9 Å². The first-order chi connectivity index (χ1) is 13.6. The molecule has 4 heterocycles. The summed E-state index contributed by atoms with van der Waals surface area (Å²) in [5.41, 5.74) is 1.20. The highest BCUT2D eigenvalue weighted by Crippen LogP contribution is 2.29. The van der Waals surface area contributed by atoms with E-state index in [2.05, 4.69) is 10.3 Å². The molecule has 148 valence electrons. The van der Waals surface area contributed by atoms with E-state index in [0.29, 0.717) is 68.3 Å². The van der Waals surface area contributed by atoms with Crippen molar-refractivity contribution in [2.45, 2.75) is 26.0 Å². The highest BCUT2D eigenvalue weighted by atomic mass is 16.5. The van der Waals surface area contributed by atoms with Crippen molar-refractivity contribution in [1.29, 1.82) is 0 Å². The van der Waals surface area contributed by atoms with E-state index in [-0.39, 0.29) is 18.4 Å². The van der Waals surface area contributed by atoms with Gasteiger partial charge in [-0.15, -0.1) is 5.10 Å². The zero-order valence-electron chi connectivity index (χ0n) is 15.8. The van der Waals surface area contributed by atoms with E-state index >= 15 is 0 Å². The van der Waals surface area contributed by atoms with Crippen molar-refractivity contribution in [1.82, 2.24) is 24.8 Å². The minimum atomic E-state index is -0.0742. The summed E-state index contributed by atoms with van der Waals surface area (Å²) in [5, 5.41) is 8.19. The molecular weight excluding hydrogens is 362 g/mol. The monoisotopic (exact) mass is 385 g/mol. The molecule has 0 spiro atoms. The lowest BCUT2D eigenvalue weighted by molar-refractivity contribution is -0.132. The number of carbonyl (C=O) groups is 2. The second-order valence-corrected chi connectivity index (χ2v) is 6.90. The molecule has 0 saturated carbocycles. The summed E-state index contributed by atoms with van der Waals surface area (Å²) in [5.74, 6) is 1.08. The van der Waals surface area contributed by atoms with Crippen molar-refractivity contribution >= 4 is 11.8 Å². The predicted molar refractivity (Wildman–Crippen MR) is 99.1 cm³/mol. The number of carbonyl (C=O) groups excluding carboxylic acids is 2. The Kier molecular flexibility index (Phi) is 5.14. The van der Waals surface area contributed by atoms with E-state index < -0.39 is 0 Å². The molecule has 1 aromatic heterocycles. The minimum Gasteiger partial charge on any atom is -0.493 e. The van der Waals surface area contributed by atoms with Gasteiger partial charge in [0.2, 0.25) is 5.91 Å². The second-order valence-electron chi connectivity index (χ2n) is 6.90. The number of piperazine rings is 1. The number of nitrogens with zero attached hydrogens (tertiary/aromatic N) is 5. The van der Waals surface area contributed by atoms with Crippen molar-refractivity contribution in [3.05, 3.63) is 35.7 Å².